The lowest BCUT2D eigenvalue weighted by atomic mass is 10.2. The second-order valence-electron chi connectivity index (χ2n) is 7.45. The van der Waals surface area contributed by atoms with Crippen LogP contribution in [0, 0.1) is 0 Å². The van der Waals surface area contributed by atoms with E-state index in [1.165, 1.54) is 0 Å². The Morgan fingerprint density at radius 3 is 2.62 bits per heavy atom. The van der Waals surface area contributed by atoms with Crippen LogP contribution >= 0.6 is 0 Å². The zero-order valence-electron chi connectivity index (χ0n) is 16.9. The quantitative estimate of drug-likeness (QED) is 0.668. The molecule has 0 bridgehead atoms. The minimum absolute atomic E-state index is 0.0484. The van der Waals surface area contributed by atoms with Crippen LogP contribution < -0.4 is 0 Å². The molecule has 0 aliphatic carbocycles. The lowest BCUT2D eigenvalue weighted by Crippen LogP contribution is -2.31. The first-order valence-electron chi connectivity index (χ1n) is 10.2. The summed E-state index contributed by atoms with van der Waals surface area (Å²) in [6.07, 6.45) is 3.74. The van der Waals surface area contributed by atoms with Crippen molar-refractivity contribution in [2.24, 2.45) is 0 Å². The molecule has 4 rings (SSSR count). The van der Waals surface area contributed by atoms with Crippen molar-refractivity contribution in [3.05, 3.63) is 71.8 Å². The molecule has 29 heavy (non-hydrogen) atoms. The number of amides is 2. The zero-order chi connectivity index (χ0) is 20.4. The van der Waals surface area contributed by atoms with Gasteiger partial charge in [0.1, 0.15) is 5.82 Å². The number of pyridine rings is 1. The zero-order valence-corrected chi connectivity index (χ0v) is 16.9. The average Bonchev–Trinajstić information content (AvgIpc) is 3.37. The van der Waals surface area contributed by atoms with Crippen LogP contribution in [0.4, 0.5) is 0 Å². The number of rotatable bonds is 5. The predicted octanol–water partition coefficient (Wildman–Crippen LogP) is 3.68. The summed E-state index contributed by atoms with van der Waals surface area (Å²) in [5.74, 6) is 0.735. The first-order chi connectivity index (χ1) is 14.1. The second-order valence-corrected chi connectivity index (χ2v) is 7.45. The topological polar surface area (TPSA) is 57.9 Å². The highest BCUT2D eigenvalue weighted by molar-refractivity contribution is 5.99. The Bertz CT molecular complexity index is 1030. The Balaban J connectivity index is 1.72. The normalized spacial score (nSPS) is 16.3. The van der Waals surface area contributed by atoms with E-state index in [1.54, 1.807) is 6.92 Å². The molecule has 1 saturated heterocycles. The molecule has 0 unspecified atom stereocenters. The van der Waals surface area contributed by atoms with Crippen molar-refractivity contribution < 1.29 is 9.59 Å². The van der Waals surface area contributed by atoms with Crippen LogP contribution in [-0.4, -0.2) is 44.1 Å². The second kappa shape index (κ2) is 8.07. The van der Waals surface area contributed by atoms with Gasteiger partial charge in [0, 0.05) is 32.8 Å². The Morgan fingerprint density at radius 1 is 1.14 bits per heavy atom. The van der Waals surface area contributed by atoms with Crippen molar-refractivity contribution in [2.45, 2.75) is 39.3 Å². The minimum Gasteiger partial charge on any atom is -0.333 e. The van der Waals surface area contributed by atoms with Crippen LogP contribution in [0.15, 0.2) is 54.7 Å². The molecule has 2 aromatic heterocycles. The van der Waals surface area contributed by atoms with Gasteiger partial charge in [0.2, 0.25) is 5.91 Å². The number of carbonyl (C=O) groups excluding carboxylic acids is 2. The summed E-state index contributed by atoms with van der Waals surface area (Å²) in [5, 5.41) is 0. The summed E-state index contributed by atoms with van der Waals surface area (Å²) in [6, 6.07) is 15.7. The van der Waals surface area contributed by atoms with Gasteiger partial charge < -0.3 is 14.2 Å². The fourth-order valence-corrected chi connectivity index (χ4v) is 4.15. The lowest BCUT2D eigenvalue weighted by Gasteiger charge is -2.22. The van der Waals surface area contributed by atoms with E-state index >= 15 is 0 Å². The van der Waals surface area contributed by atoms with Gasteiger partial charge in [-0.3, -0.25) is 9.59 Å². The Morgan fingerprint density at radius 2 is 1.90 bits per heavy atom. The van der Waals surface area contributed by atoms with Crippen LogP contribution in [0.1, 0.15) is 54.6 Å². The molecule has 0 spiro atoms. The Labute approximate surface area is 170 Å². The van der Waals surface area contributed by atoms with Crippen molar-refractivity contribution in [1.82, 2.24) is 19.2 Å². The molecular formula is C23H26N4O2. The number of hydrogen-bond acceptors (Lipinski definition) is 3. The van der Waals surface area contributed by atoms with Gasteiger partial charge in [-0.05, 0) is 37.5 Å². The molecule has 150 valence electrons. The Kier molecular flexibility index (Phi) is 5.34. The number of imidazole rings is 1. The molecule has 1 fully saturated rings. The Hall–Kier alpha value is -3.15. The van der Waals surface area contributed by atoms with Crippen molar-refractivity contribution >= 4 is 17.3 Å². The molecule has 0 N–H and O–H groups in total. The van der Waals surface area contributed by atoms with Crippen molar-refractivity contribution in [3.63, 3.8) is 0 Å². The fraction of sp³-hybridized carbons (Fsp3) is 0.348. The number of aromatic nitrogens is 2. The van der Waals surface area contributed by atoms with Crippen LogP contribution in [0.25, 0.3) is 5.52 Å². The molecule has 1 aromatic carbocycles. The molecule has 3 heterocycles. The van der Waals surface area contributed by atoms with E-state index in [0.717, 1.165) is 36.3 Å². The van der Waals surface area contributed by atoms with Gasteiger partial charge in [0.15, 0.2) is 5.69 Å². The number of hydrogen-bond donors (Lipinski definition) is 0. The maximum atomic E-state index is 13.4. The van der Waals surface area contributed by atoms with Crippen molar-refractivity contribution in [2.75, 3.05) is 13.1 Å². The molecule has 1 atom stereocenters. The highest BCUT2D eigenvalue weighted by Gasteiger charge is 2.33. The highest BCUT2D eigenvalue weighted by Crippen LogP contribution is 2.32. The summed E-state index contributed by atoms with van der Waals surface area (Å²) < 4.78 is 1.97. The molecule has 1 aliphatic rings. The molecule has 2 amide bonds. The van der Waals surface area contributed by atoms with E-state index in [2.05, 4.69) is 0 Å². The van der Waals surface area contributed by atoms with Gasteiger partial charge in [0.05, 0.1) is 11.6 Å². The van der Waals surface area contributed by atoms with Crippen LogP contribution in [0.5, 0.6) is 0 Å². The first kappa shape index (κ1) is 19.2. The number of fused-ring (bicyclic) bond motifs is 1. The lowest BCUT2D eigenvalue weighted by molar-refractivity contribution is -0.129. The molecule has 6 heteroatoms. The van der Waals surface area contributed by atoms with E-state index in [-0.39, 0.29) is 17.9 Å². The van der Waals surface area contributed by atoms with Gasteiger partial charge in [-0.2, -0.15) is 0 Å². The van der Waals surface area contributed by atoms with Crippen LogP contribution in [0.2, 0.25) is 0 Å². The summed E-state index contributed by atoms with van der Waals surface area (Å²) in [6.45, 7) is 5.45. The summed E-state index contributed by atoms with van der Waals surface area (Å²) in [5.41, 5.74) is 2.33. The third-order valence-electron chi connectivity index (χ3n) is 5.62. The van der Waals surface area contributed by atoms with Gasteiger partial charge >= 0.3 is 0 Å². The third-order valence-corrected chi connectivity index (χ3v) is 5.62. The standard InChI is InChI=1S/C23H26N4O2/c1-3-25(16-18-10-5-4-6-11-18)23(29)21-19-12-7-8-14-27(19)22(24-21)20-13-9-15-26(20)17(2)28/h4-8,10-12,14,20H,3,9,13,15-16H2,1-2H3/t20-/m0/s1. The SMILES string of the molecule is CCN(Cc1ccccc1)C(=O)c1nc([C@@H]2CCCN2C(C)=O)n2ccccc12. The summed E-state index contributed by atoms with van der Waals surface area (Å²) in [7, 11) is 0. The van der Waals surface area contributed by atoms with Gasteiger partial charge in [0.25, 0.3) is 5.91 Å². The number of benzene rings is 1. The number of nitrogens with zero attached hydrogens (tertiary/aromatic N) is 4. The molecule has 3 aromatic rings. The largest absolute Gasteiger partial charge is 0.333 e. The van der Waals surface area contributed by atoms with E-state index in [1.807, 2.05) is 75.9 Å². The van der Waals surface area contributed by atoms with E-state index in [4.69, 9.17) is 4.98 Å². The van der Waals surface area contributed by atoms with E-state index < -0.39 is 0 Å². The van der Waals surface area contributed by atoms with Gasteiger partial charge in [-0.25, -0.2) is 4.98 Å². The summed E-state index contributed by atoms with van der Waals surface area (Å²) >= 11 is 0. The molecule has 1 aliphatic heterocycles. The molecule has 0 saturated carbocycles. The van der Waals surface area contributed by atoms with Crippen LogP contribution in [-0.2, 0) is 11.3 Å². The maximum absolute atomic E-state index is 13.4. The maximum Gasteiger partial charge on any atom is 0.275 e. The summed E-state index contributed by atoms with van der Waals surface area (Å²) in [4.78, 5) is 33.9. The van der Waals surface area contributed by atoms with Crippen molar-refractivity contribution in [3.8, 4) is 0 Å². The molecule has 0 radical (unpaired) electrons. The highest BCUT2D eigenvalue weighted by atomic mass is 16.2. The van der Waals surface area contributed by atoms with E-state index in [0.29, 0.717) is 18.8 Å². The smallest absolute Gasteiger partial charge is 0.275 e. The monoisotopic (exact) mass is 390 g/mol. The van der Waals surface area contributed by atoms with Gasteiger partial charge in [-0.1, -0.05) is 36.4 Å². The van der Waals surface area contributed by atoms with E-state index in [9.17, 15) is 9.59 Å². The fourth-order valence-electron chi connectivity index (χ4n) is 4.15. The molecular weight excluding hydrogens is 364 g/mol. The number of carbonyl (C=O) groups is 2. The minimum atomic E-state index is -0.0897. The number of likely N-dealkylation sites (tertiary alicyclic amines) is 1. The predicted molar refractivity (Wildman–Crippen MR) is 111 cm³/mol. The van der Waals surface area contributed by atoms with Crippen LogP contribution in [0.3, 0.4) is 0 Å². The van der Waals surface area contributed by atoms with Crippen molar-refractivity contribution in [1.29, 1.82) is 0 Å². The average molecular weight is 390 g/mol. The first-order valence-corrected chi connectivity index (χ1v) is 10.2. The molecule has 6 nitrogen and oxygen atoms in total. The van der Waals surface area contributed by atoms with Gasteiger partial charge in [-0.15, -0.1) is 0 Å². The third kappa shape index (κ3) is 3.62.